The van der Waals surface area contributed by atoms with Gasteiger partial charge >= 0.3 is 0 Å². The topological polar surface area (TPSA) is 9.23 Å². The smallest absolute Gasteiger partial charge is 0.130 e. The molecule has 1 aliphatic rings. The Bertz CT molecular complexity index is 354. The molecule has 1 atom stereocenters. The molecule has 1 aliphatic heterocycles. The molecule has 0 radical (unpaired) electrons. The second-order valence-electron chi connectivity index (χ2n) is 4.44. The Hall–Kier alpha value is -1.24. The highest BCUT2D eigenvalue weighted by molar-refractivity contribution is 5.40. The molecule has 0 aliphatic carbocycles. The molecule has 0 saturated carbocycles. The molecule has 1 aromatic carbocycles. The van der Waals surface area contributed by atoms with Gasteiger partial charge in [0.15, 0.2) is 0 Å². The molecule has 0 fully saturated rings. The average molecular weight is 216 g/mol. The normalized spacial score (nSPS) is 17.9. The number of fused-ring (bicyclic) bond motifs is 1. The van der Waals surface area contributed by atoms with E-state index < -0.39 is 0 Å². The summed E-state index contributed by atoms with van der Waals surface area (Å²) in [5.41, 5.74) is 1.35. The molecule has 16 heavy (non-hydrogen) atoms. The first kappa shape index (κ1) is 11.3. The first-order valence-corrected chi connectivity index (χ1v) is 6.34. The van der Waals surface area contributed by atoms with Gasteiger partial charge in [-0.15, -0.1) is 0 Å². The number of para-hydroxylation sites is 1. The van der Waals surface area contributed by atoms with Gasteiger partial charge in [0, 0.05) is 11.5 Å². The zero-order chi connectivity index (χ0) is 11.2. The number of benzene rings is 1. The van der Waals surface area contributed by atoms with Crippen molar-refractivity contribution >= 4 is 0 Å². The van der Waals surface area contributed by atoms with Crippen LogP contribution in [-0.4, -0.2) is 0 Å². The third-order valence-corrected chi connectivity index (χ3v) is 3.19. The summed E-state index contributed by atoms with van der Waals surface area (Å²) in [5.74, 6) is 1.59. The number of rotatable bonds is 5. The Kier molecular flexibility index (Phi) is 4.03. The Balaban J connectivity index is 1.94. The van der Waals surface area contributed by atoms with Crippen LogP contribution in [0.2, 0.25) is 0 Å². The third kappa shape index (κ3) is 2.66. The van der Waals surface area contributed by atoms with Crippen LogP contribution in [-0.2, 0) is 0 Å². The van der Waals surface area contributed by atoms with Crippen molar-refractivity contribution in [3.05, 3.63) is 42.2 Å². The molecule has 0 amide bonds. The maximum atomic E-state index is 5.50. The van der Waals surface area contributed by atoms with Crippen LogP contribution >= 0.6 is 0 Å². The van der Waals surface area contributed by atoms with E-state index >= 15 is 0 Å². The molecule has 1 unspecified atom stereocenters. The molecular formula is C15H20O. The zero-order valence-electron chi connectivity index (χ0n) is 9.99. The number of ether oxygens (including phenoxy) is 1. The van der Waals surface area contributed by atoms with Crippen LogP contribution in [0.3, 0.4) is 0 Å². The van der Waals surface area contributed by atoms with Crippen molar-refractivity contribution in [1.82, 2.24) is 0 Å². The minimum atomic E-state index is 0.557. The largest absolute Gasteiger partial charge is 0.465 e. The van der Waals surface area contributed by atoms with Crippen LogP contribution in [0, 0.1) is 0 Å². The van der Waals surface area contributed by atoms with Gasteiger partial charge in [-0.25, -0.2) is 0 Å². The second kappa shape index (κ2) is 5.74. The first-order valence-electron chi connectivity index (χ1n) is 6.34. The zero-order valence-corrected chi connectivity index (χ0v) is 9.99. The van der Waals surface area contributed by atoms with E-state index in [4.69, 9.17) is 4.74 Å². The molecule has 0 spiro atoms. The molecule has 0 aromatic heterocycles. The standard InChI is InChI=1S/C15H20O/c1-2-3-4-5-8-13-11-12-16-15-10-7-6-9-14(13)15/h6-7,9-13H,2-5,8H2,1H3. The lowest BCUT2D eigenvalue weighted by Crippen LogP contribution is -2.03. The summed E-state index contributed by atoms with van der Waals surface area (Å²) in [4.78, 5) is 0. The van der Waals surface area contributed by atoms with Crippen molar-refractivity contribution in [3.8, 4) is 5.75 Å². The highest BCUT2D eigenvalue weighted by Gasteiger charge is 2.16. The van der Waals surface area contributed by atoms with E-state index in [0.717, 1.165) is 5.75 Å². The summed E-state index contributed by atoms with van der Waals surface area (Å²) in [6.07, 6.45) is 10.6. The van der Waals surface area contributed by atoms with E-state index in [1.807, 2.05) is 12.3 Å². The SMILES string of the molecule is CCCCCCC1C=COc2ccccc21. The molecule has 0 bridgehead atoms. The fourth-order valence-corrected chi connectivity index (χ4v) is 2.25. The van der Waals surface area contributed by atoms with Gasteiger partial charge in [-0.3, -0.25) is 0 Å². The first-order chi connectivity index (χ1) is 7.92. The summed E-state index contributed by atoms with van der Waals surface area (Å²) in [7, 11) is 0. The van der Waals surface area contributed by atoms with Crippen LogP contribution in [0.5, 0.6) is 5.75 Å². The van der Waals surface area contributed by atoms with Gasteiger partial charge in [0.25, 0.3) is 0 Å². The maximum absolute atomic E-state index is 5.50. The van der Waals surface area contributed by atoms with Crippen LogP contribution < -0.4 is 4.74 Å². The fraction of sp³-hybridized carbons (Fsp3) is 0.467. The van der Waals surface area contributed by atoms with Gasteiger partial charge in [0.1, 0.15) is 5.75 Å². The summed E-state index contributed by atoms with van der Waals surface area (Å²) >= 11 is 0. The molecular weight excluding hydrogens is 196 g/mol. The predicted molar refractivity (Wildman–Crippen MR) is 67.7 cm³/mol. The van der Waals surface area contributed by atoms with E-state index in [9.17, 15) is 0 Å². The highest BCUT2D eigenvalue weighted by atomic mass is 16.5. The van der Waals surface area contributed by atoms with E-state index in [1.165, 1.54) is 37.7 Å². The van der Waals surface area contributed by atoms with Gasteiger partial charge in [0.05, 0.1) is 6.26 Å². The van der Waals surface area contributed by atoms with Crippen molar-refractivity contribution in [1.29, 1.82) is 0 Å². The Morgan fingerprint density at radius 3 is 2.88 bits per heavy atom. The molecule has 1 heteroatoms. The lowest BCUT2D eigenvalue weighted by atomic mass is 9.91. The van der Waals surface area contributed by atoms with Gasteiger partial charge in [-0.05, 0) is 18.6 Å². The monoisotopic (exact) mass is 216 g/mol. The summed E-state index contributed by atoms with van der Waals surface area (Å²) in [6, 6.07) is 8.37. The molecule has 1 nitrogen and oxygen atoms in total. The summed E-state index contributed by atoms with van der Waals surface area (Å²) in [5, 5.41) is 0. The number of allylic oxidation sites excluding steroid dienone is 1. The highest BCUT2D eigenvalue weighted by Crippen LogP contribution is 2.34. The van der Waals surface area contributed by atoms with E-state index in [1.54, 1.807) is 0 Å². The Morgan fingerprint density at radius 1 is 1.12 bits per heavy atom. The van der Waals surface area contributed by atoms with Crippen molar-refractivity contribution in [2.24, 2.45) is 0 Å². The van der Waals surface area contributed by atoms with Crippen LogP contribution in [0.15, 0.2) is 36.6 Å². The number of hydrogen-bond acceptors (Lipinski definition) is 1. The lowest BCUT2D eigenvalue weighted by Gasteiger charge is -2.20. The molecule has 0 saturated heterocycles. The van der Waals surface area contributed by atoms with Gasteiger partial charge in [-0.1, -0.05) is 50.8 Å². The van der Waals surface area contributed by atoms with Crippen LogP contribution in [0.4, 0.5) is 0 Å². The predicted octanol–water partition coefficient (Wildman–Crippen LogP) is 4.65. The molecule has 0 N–H and O–H groups in total. The second-order valence-corrected chi connectivity index (χ2v) is 4.44. The third-order valence-electron chi connectivity index (χ3n) is 3.19. The average Bonchev–Trinajstić information content (AvgIpc) is 2.35. The molecule has 1 heterocycles. The van der Waals surface area contributed by atoms with E-state index in [-0.39, 0.29) is 0 Å². The van der Waals surface area contributed by atoms with Gasteiger partial charge < -0.3 is 4.74 Å². The fourth-order valence-electron chi connectivity index (χ4n) is 2.25. The molecule has 2 rings (SSSR count). The Labute approximate surface area is 98.1 Å². The van der Waals surface area contributed by atoms with Gasteiger partial charge in [0.2, 0.25) is 0 Å². The minimum absolute atomic E-state index is 0.557. The van der Waals surface area contributed by atoms with Crippen molar-refractivity contribution in [2.45, 2.75) is 44.9 Å². The minimum Gasteiger partial charge on any atom is -0.465 e. The molecule has 86 valence electrons. The van der Waals surface area contributed by atoms with Gasteiger partial charge in [-0.2, -0.15) is 0 Å². The maximum Gasteiger partial charge on any atom is 0.130 e. The number of hydrogen-bond donors (Lipinski definition) is 0. The van der Waals surface area contributed by atoms with Crippen molar-refractivity contribution < 1.29 is 4.74 Å². The van der Waals surface area contributed by atoms with E-state index in [2.05, 4.69) is 31.2 Å². The van der Waals surface area contributed by atoms with Crippen molar-refractivity contribution in [2.75, 3.05) is 0 Å². The summed E-state index contributed by atoms with van der Waals surface area (Å²) in [6.45, 7) is 2.25. The number of unbranched alkanes of at least 4 members (excludes halogenated alkanes) is 3. The van der Waals surface area contributed by atoms with Crippen LogP contribution in [0.25, 0.3) is 0 Å². The van der Waals surface area contributed by atoms with Crippen molar-refractivity contribution in [3.63, 3.8) is 0 Å². The lowest BCUT2D eigenvalue weighted by molar-refractivity contribution is 0.445. The van der Waals surface area contributed by atoms with Crippen LogP contribution in [0.1, 0.15) is 50.5 Å². The van der Waals surface area contributed by atoms with E-state index in [0.29, 0.717) is 5.92 Å². The Morgan fingerprint density at radius 2 is 2.00 bits per heavy atom. The molecule has 1 aromatic rings. The summed E-state index contributed by atoms with van der Waals surface area (Å²) < 4.78 is 5.50. The quantitative estimate of drug-likeness (QED) is 0.651.